The molecule has 2 aromatic carbocycles. The molecule has 0 radical (unpaired) electrons. The summed E-state index contributed by atoms with van der Waals surface area (Å²) < 4.78 is 5.38. The molecule has 0 fully saturated rings. The average molecular weight is 339 g/mol. The Kier molecular flexibility index (Phi) is 4.96. The van der Waals surface area contributed by atoms with Gasteiger partial charge in [-0.1, -0.05) is 47.6 Å². The van der Waals surface area contributed by atoms with Crippen molar-refractivity contribution in [1.29, 1.82) is 0 Å². The van der Waals surface area contributed by atoms with Crippen LogP contribution in [-0.4, -0.2) is 16.0 Å². The fourth-order valence-corrected chi connectivity index (χ4v) is 3.07. The van der Waals surface area contributed by atoms with Crippen LogP contribution in [0.1, 0.15) is 34.0 Å². The molecule has 0 aliphatic carbocycles. The molecular weight excluding hydrogens is 322 g/mol. The normalized spacial score (nSPS) is 12.0. The maximum absolute atomic E-state index is 11.2. The molecule has 3 aromatic rings. The first kappa shape index (κ1) is 16.3. The van der Waals surface area contributed by atoms with Crippen molar-refractivity contribution in [2.75, 3.05) is 0 Å². The van der Waals surface area contributed by atoms with E-state index < -0.39 is 5.91 Å². The highest BCUT2D eigenvalue weighted by Gasteiger charge is 2.16. The quantitative estimate of drug-likeness (QED) is 0.738. The number of benzene rings is 2. The number of thioether (sulfide) groups is 1. The molecule has 1 aromatic heterocycles. The van der Waals surface area contributed by atoms with E-state index in [0.29, 0.717) is 17.3 Å². The van der Waals surface area contributed by atoms with Crippen LogP contribution in [0.15, 0.2) is 59.1 Å². The second-order valence-electron chi connectivity index (χ2n) is 5.34. The van der Waals surface area contributed by atoms with E-state index >= 15 is 0 Å². The molecule has 0 saturated carbocycles. The molecule has 0 aliphatic heterocycles. The highest BCUT2D eigenvalue weighted by molar-refractivity contribution is 7.98. The molecule has 122 valence electrons. The van der Waals surface area contributed by atoms with Crippen LogP contribution in [0, 0.1) is 0 Å². The molecule has 6 heteroatoms. The van der Waals surface area contributed by atoms with Crippen LogP contribution in [0.3, 0.4) is 0 Å². The Morgan fingerprint density at radius 1 is 1.21 bits per heavy atom. The summed E-state index contributed by atoms with van der Waals surface area (Å²) in [7, 11) is 0. The minimum Gasteiger partial charge on any atom is -0.366 e. The lowest BCUT2D eigenvalue weighted by atomic mass is 10.1. The number of carbonyl (C=O) groups excluding carboxylic acids is 1. The number of carbonyl (C=O) groups is 1. The Labute approximate surface area is 144 Å². The van der Waals surface area contributed by atoms with E-state index in [2.05, 4.69) is 10.1 Å². The molecule has 1 heterocycles. The fourth-order valence-electron chi connectivity index (χ4n) is 2.21. The number of nitrogens with two attached hydrogens (primary N) is 1. The second kappa shape index (κ2) is 7.31. The van der Waals surface area contributed by atoms with Gasteiger partial charge in [0, 0.05) is 16.9 Å². The molecular formula is C18H17N3O2S. The zero-order valence-electron chi connectivity index (χ0n) is 13.2. The third-order valence-corrected chi connectivity index (χ3v) is 4.73. The van der Waals surface area contributed by atoms with E-state index in [0.717, 1.165) is 16.9 Å². The van der Waals surface area contributed by atoms with Gasteiger partial charge in [-0.3, -0.25) is 4.79 Å². The number of aromatic nitrogens is 2. The van der Waals surface area contributed by atoms with Gasteiger partial charge in [0.2, 0.25) is 17.6 Å². The topological polar surface area (TPSA) is 82.0 Å². The molecule has 1 unspecified atom stereocenters. The van der Waals surface area contributed by atoms with Crippen molar-refractivity contribution in [3.8, 4) is 11.4 Å². The summed E-state index contributed by atoms with van der Waals surface area (Å²) in [6.45, 7) is 2.02. The first-order valence-electron chi connectivity index (χ1n) is 7.53. The summed E-state index contributed by atoms with van der Waals surface area (Å²) in [5, 5.41) is 4.09. The van der Waals surface area contributed by atoms with Crippen molar-refractivity contribution in [2.24, 2.45) is 5.73 Å². The third kappa shape index (κ3) is 3.83. The van der Waals surface area contributed by atoms with Crippen molar-refractivity contribution in [2.45, 2.75) is 17.9 Å². The van der Waals surface area contributed by atoms with Gasteiger partial charge in [-0.25, -0.2) is 0 Å². The minimum absolute atomic E-state index is 0.0483. The molecule has 0 saturated heterocycles. The number of rotatable bonds is 6. The van der Waals surface area contributed by atoms with Gasteiger partial charge in [-0.15, -0.1) is 11.8 Å². The van der Waals surface area contributed by atoms with Crippen molar-refractivity contribution in [1.82, 2.24) is 10.1 Å². The monoisotopic (exact) mass is 339 g/mol. The second-order valence-corrected chi connectivity index (χ2v) is 6.67. The van der Waals surface area contributed by atoms with E-state index in [1.807, 2.05) is 55.5 Å². The number of nitrogens with zero attached hydrogens (tertiary/aromatic N) is 2. The largest absolute Gasteiger partial charge is 0.366 e. The Morgan fingerprint density at radius 2 is 2.00 bits per heavy atom. The van der Waals surface area contributed by atoms with Gasteiger partial charge in [-0.05, 0) is 24.6 Å². The zero-order valence-corrected chi connectivity index (χ0v) is 14.0. The molecule has 5 nitrogen and oxygen atoms in total. The first-order chi connectivity index (χ1) is 11.6. The first-order valence-corrected chi connectivity index (χ1v) is 8.58. The van der Waals surface area contributed by atoms with E-state index in [1.165, 1.54) is 0 Å². The zero-order chi connectivity index (χ0) is 16.9. The van der Waals surface area contributed by atoms with Crippen LogP contribution in [0.25, 0.3) is 11.4 Å². The van der Waals surface area contributed by atoms with E-state index in [4.69, 9.17) is 10.3 Å². The van der Waals surface area contributed by atoms with Crippen molar-refractivity contribution in [3.63, 3.8) is 0 Å². The predicted molar refractivity (Wildman–Crippen MR) is 94.4 cm³/mol. The molecule has 1 amide bonds. The van der Waals surface area contributed by atoms with E-state index in [1.54, 1.807) is 17.8 Å². The van der Waals surface area contributed by atoms with Crippen molar-refractivity contribution < 1.29 is 9.32 Å². The Morgan fingerprint density at radius 3 is 2.75 bits per heavy atom. The molecule has 0 aliphatic rings. The summed E-state index contributed by atoms with van der Waals surface area (Å²) in [5.74, 6) is 1.49. The van der Waals surface area contributed by atoms with Gasteiger partial charge in [0.05, 0.1) is 5.25 Å². The number of hydrogen-bond acceptors (Lipinski definition) is 5. The van der Waals surface area contributed by atoms with E-state index in [9.17, 15) is 4.79 Å². The molecule has 0 bridgehead atoms. The molecule has 1 atom stereocenters. The molecule has 0 spiro atoms. The lowest BCUT2D eigenvalue weighted by Crippen LogP contribution is -2.10. The Hall–Kier alpha value is -2.60. The summed E-state index contributed by atoms with van der Waals surface area (Å²) in [6, 6.07) is 17.0. The summed E-state index contributed by atoms with van der Waals surface area (Å²) in [6.07, 6.45) is 0. The molecule has 3 rings (SSSR count). The molecule has 24 heavy (non-hydrogen) atoms. The lowest BCUT2D eigenvalue weighted by Gasteiger charge is -2.07. The minimum atomic E-state index is -0.417. The molecule has 2 N–H and O–H groups in total. The van der Waals surface area contributed by atoms with Gasteiger partial charge in [0.1, 0.15) is 0 Å². The van der Waals surface area contributed by atoms with Crippen LogP contribution >= 0.6 is 11.8 Å². The fraction of sp³-hybridized carbons (Fsp3) is 0.167. The van der Waals surface area contributed by atoms with Gasteiger partial charge >= 0.3 is 0 Å². The lowest BCUT2D eigenvalue weighted by molar-refractivity contribution is 0.1000. The van der Waals surface area contributed by atoms with Crippen LogP contribution in [0.2, 0.25) is 0 Å². The predicted octanol–water partition coefficient (Wildman–Crippen LogP) is 3.83. The maximum Gasteiger partial charge on any atom is 0.248 e. The highest BCUT2D eigenvalue weighted by Crippen LogP contribution is 2.31. The van der Waals surface area contributed by atoms with Crippen molar-refractivity contribution in [3.05, 3.63) is 71.6 Å². The van der Waals surface area contributed by atoms with E-state index in [-0.39, 0.29) is 5.25 Å². The Bertz CT molecular complexity index is 833. The van der Waals surface area contributed by atoms with Gasteiger partial charge < -0.3 is 10.3 Å². The standard InChI is InChI=1S/C18H17N3O2S/c1-12(24-11-13-6-5-9-15(10-13)16(19)22)18-20-17(21-23-18)14-7-3-2-4-8-14/h2-10,12H,11H2,1H3,(H2,19,22). The van der Waals surface area contributed by atoms with Gasteiger partial charge in [0.15, 0.2) is 0 Å². The maximum atomic E-state index is 11.2. The highest BCUT2D eigenvalue weighted by atomic mass is 32.2. The number of primary amides is 1. The number of amides is 1. The van der Waals surface area contributed by atoms with Crippen LogP contribution < -0.4 is 5.73 Å². The Balaban J connectivity index is 1.65. The summed E-state index contributed by atoms with van der Waals surface area (Å²) in [4.78, 5) is 15.7. The smallest absolute Gasteiger partial charge is 0.248 e. The van der Waals surface area contributed by atoms with Crippen LogP contribution in [0.4, 0.5) is 0 Å². The SMILES string of the molecule is CC(SCc1cccc(C(N)=O)c1)c1nc(-c2ccccc2)no1. The van der Waals surface area contributed by atoms with Crippen LogP contribution in [0.5, 0.6) is 0 Å². The van der Waals surface area contributed by atoms with Crippen molar-refractivity contribution >= 4 is 17.7 Å². The van der Waals surface area contributed by atoms with Gasteiger partial charge in [0.25, 0.3) is 0 Å². The third-order valence-electron chi connectivity index (χ3n) is 3.53. The number of hydrogen-bond donors (Lipinski definition) is 1. The summed E-state index contributed by atoms with van der Waals surface area (Å²) in [5.41, 5.74) is 7.79. The van der Waals surface area contributed by atoms with Gasteiger partial charge in [-0.2, -0.15) is 4.98 Å². The van der Waals surface area contributed by atoms with Crippen LogP contribution in [-0.2, 0) is 5.75 Å². The summed E-state index contributed by atoms with van der Waals surface area (Å²) >= 11 is 1.66. The average Bonchev–Trinajstić information content (AvgIpc) is 3.11.